The fourth-order valence-electron chi connectivity index (χ4n) is 1.40. The lowest BCUT2D eigenvalue weighted by molar-refractivity contribution is 0.302. The van der Waals surface area contributed by atoms with Crippen LogP contribution in [0, 0.1) is 0 Å². The van der Waals surface area contributed by atoms with Gasteiger partial charge in [0.2, 0.25) is 0 Å². The van der Waals surface area contributed by atoms with Crippen molar-refractivity contribution in [2.24, 2.45) is 5.84 Å². The Balaban J connectivity index is 2.16. The second-order valence-electron chi connectivity index (χ2n) is 3.63. The highest BCUT2D eigenvalue weighted by Crippen LogP contribution is 2.29. The lowest BCUT2D eigenvalue weighted by atomic mass is 10.3. The van der Waals surface area contributed by atoms with Gasteiger partial charge in [-0.3, -0.25) is 0 Å². The van der Waals surface area contributed by atoms with Crippen molar-refractivity contribution in [3.63, 3.8) is 0 Å². The van der Waals surface area contributed by atoms with Gasteiger partial charge in [-0.05, 0) is 24.3 Å². The van der Waals surface area contributed by atoms with Crippen LogP contribution >= 0.6 is 34.8 Å². The van der Waals surface area contributed by atoms with Crippen LogP contribution in [0.1, 0.15) is 5.69 Å². The van der Waals surface area contributed by atoms with Crippen molar-refractivity contribution >= 4 is 40.6 Å². The first-order valence-corrected chi connectivity index (χ1v) is 6.43. The number of hydrogen-bond acceptors (Lipinski definition) is 4. The number of nitrogens with zero attached hydrogens (tertiary/aromatic N) is 1. The molecule has 0 saturated heterocycles. The Bertz CT molecular complexity index is 592. The van der Waals surface area contributed by atoms with Crippen molar-refractivity contribution in [3.8, 4) is 5.75 Å². The lowest BCUT2D eigenvalue weighted by Gasteiger charge is -2.10. The number of nitrogens with one attached hydrogen (secondary N) is 1. The van der Waals surface area contributed by atoms with E-state index < -0.39 is 0 Å². The second kappa shape index (κ2) is 6.30. The van der Waals surface area contributed by atoms with Crippen molar-refractivity contribution < 1.29 is 4.74 Å². The maximum absolute atomic E-state index is 6.02. The van der Waals surface area contributed by atoms with E-state index in [1.807, 2.05) is 0 Å². The van der Waals surface area contributed by atoms with Crippen molar-refractivity contribution in [3.05, 3.63) is 51.1 Å². The van der Waals surface area contributed by atoms with Gasteiger partial charge < -0.3 is 10.2 Å². The van der Waals surface area contributed by atoms with Gasteiger partial charge >= 0.3 is 0 Å². The third kappa shape index (κ3) is 3.64. The van der Waals surface area contributed by atoms with Crippen molar-refractivity contribution in [2.45, 2.75) is 6.61 Å². The molecule has 0 saturated carbocycles. The molecule has 2 rings (SSSR count). The number of nitrogen functional groups attached to an aromatic ring is 1. The largest absolute Gasteiger partial charge is 0.486 e. The highest BCUT2D eigenvalue weighted by Gasteiger charge is 2.07. The molecule has 0 spiro atoms. The van der Waals surface area contributed by atoms with E-state index in [1.54, 1.807) is 30.3 Å². The number of halogens is 3. The Morgan fingerprint density at radius 1 is 1.11 bits per heavy atom. The summed E-state index contributed by atoms with van der Waals surface area (Å²) in [7, 11) is 0. The van der Waals surface area contributed by atoms with Crippen LogP contribution in [0.3, 0.4) is 0 Å². The normalized spacial score (nSPS) is 10.3. The average Bonchev–Trinajstić information content (AvgIpc) is 2.41. The van der Waals surface area contributed by atoms with Gasteiger partial charge in [-0.15, -0.1) is 0 Å². The van der Waals surface area contributed by atoms with Crippen LogP contribution in [0.2, 0.25) is 15.1 Å². The fraction of sp³-hybridized carbons (Fsp3) is 0.0833. The van der Waals surface area contributed by atoms with E-state index in [4.69, 9.17) is 45.4 Å². The number of ether oxygens (including phenoxy) is 1. The molecule has 1 heterocycles. The summed E-state index contributed by atoms with van der Waals surface area (Å²) in [5.41, 5.74) is 2.99. The number of rotatable bonds is 4. The number of nitrogens with two attached hydrogens (primary N) is 1. The van der Waals surface area contributed by atoms with Crippen molar-refractivity contribution in [2.75, 3.05) is 5.43 Å². The molecule has 0 aliphatic rings. The zero-order valence-corrected chi connectivity index (χ0v) is 11.9. The molecule has 0 aliphatic heterocycles. The van der Waals surface area contributed by atoms with E-state index >= 15 is 0 Å². The highest BCUT2D eigenvalue weighted by atomic mass is 35.5. The van der Waals surface area contributed by atoms with Crippen LogP contribution in [0.15, 0.2) is 30.3 Å². The minimum absolute atomic E-state index is 0.161. The Morgan fingerprint density at radius 3 is 2.58 bits per heavy atom. The summed E-state index contributed by atoms with van der Waals surface area (Å²) in [4.78, 5) is 4.19. The van der Waals surface area contributed by atoms with E-state index in [-0.39, 0.29) is 6.61 Å². The third-order valence-corrected chi connectivity index (χ3v) is 3.22. The number of hydrazine groups is 1. The quantitative estimate of drug-likeness (QED) is 0.663. The topological polar surface area (TPSA) is 60.2 Å². The predicted molar refractivity (Wildman–Crippen MR) is 77.9 cm³/mol. The Hall–Kier alpha value is -1.20. The van der Waals surface area contributed by atoms with Crippen LogP contribution in [0.5, 0.6) is 5.75 Å². The van der Waals surface area contributed by atoms with Crippen LogP contribution in [0.25, 0.3) is 0 Å². The standard InChI is InChI=1S/C12H10Cl3N3O/c13-7-1-2-9(15)11(5-7)19-6-10-8(14)3-4-12(17-10)18-16/h1-5H,6,16H2,(H,17,18). The molecule has 1 aromatic heterocycles. The molecular weight excluding hydrogens is 309 g/mol. The maximum atomic E-state index is 6.02. The lowest BCUT2D eigenvalue weighted by Crippen LogP contribution is -2.10. The summed E-state index contributed by atoms with van der Waals surface area (Å²) >= 11 is 17.9. The molecule has 19 heavy (non-hydrogen) atoms. The molecule has 0 aliphatic carbocycles. The molecule has 4 nitrogen and oxygen atoms in total. The Kier molecular flexibility index (Phi) is 4.71. The molecule has 1 aromatic carbocycles. The monoisotopic (exact) mass is 317 g/mol. The van der Waals surface area contributed by atoms with Crippen LogP contribution in [-0.4, -0.2) is 4.98 Å². The van der Waals surface area contributed by atoms with Gasteiger partial charge in [-0.2, -0.15) is 0 Å². The summed E-state index contributed by atoms with van der Waals surface area (Å²) in [5, 5.41) is 1.49. The smallest absolute Gasteiger partial charge is 0.140 e. The number of anilines is 1. The second-order valence-corrected chi connectivity index (χ2v) is 4.88. The summed E-state index contributed by atoms with van der Waals surface area (Å²) in [5.74, 6) is 6.26. The molecule has 0 unspecified atom stereocenters. The summed E-state index contributed by atoms with van der Waals surface area (Å²) in [6.07, 6.45) is 0. The Labute approximate surface area is 125 Å². The molecule has 0 atom stereocenters. The highest BCUT2D eigenvalue weighted by molar-refractivity contribution is 6.34. The summed E-state index contributed by atoms with van der Waals surface area (Å²) in [6.45, 7) is 0.161. The predicted octanol–water partition coefficient (Wildman–Crippen LogP) is 3.91. The molecule has 7 heteroatoms. The first kappa shape index (κ1) is 14.2. The van der Waals surface area contributed by atoms with Crippen LogP contribution in [0.4, 0.5) is 5.82 Å². The molecule has 3 N–H and O–H groups in total. The molecule has 0 radical (unpaired) electrons. The van der Waals surface area contributed by atoms with Crippen molar-refractivity contribution in [1.29, 1.82) is 0 Å². The van der Waals surface area contributed by atoms with E-state index in [9.17, 15) is 0 Å². The molecule has 0 fully saturated rings. The molecule has 100 valence electrons. The van der Waals surface area contributed by atoms with E-state index in [0.29, 0.717) is 32.3 Å². The average molecular weight is 319 g/mol. The SMILES string of the molecule is NNc1ccc(Cl)c(COc2cc(Cl)ccc2Cl)n1. The van der Waals surface area contributed by atoms with Crippen molar-refractivity contribution in [1.82, 2.24) is 4.98 Å². The minimum atomic E-state index is 0.161. The summed E-state index contributed by atoms with van der Waals surface area (Å²) in [6, 6.07) is 8.32. The van der Waals surface area contributed by atoms with E-state index in [1.165, 1.54) is 0 Å². The molecular formula is C12H10Cl3N3O. The Morgan fingerprint density at radius 2 is 1.84 bits per heavy atom. The minimum Gasteiger partial charge on any atom is -0.486 e. The van der Waals surface area contributed by atoms with E-state index in [0.717, 1.165) is 0 Å². The number of aromatic nitrogens is 1. The van der Waals surface area contributed by atoms with Gasteiger partial charge in [0.25, 0.3) is 0 Å². The first-order chi connectivity index (χ1) is 9.10. The van der Waals surface area contributed by atoms with Gasteiger partial charge in [0.05, 0.1) is 15.7 Å². The van der Waals surface area contributed by atoms with Crippen LogP contribution < -0.4 is 16.0 Å². The zero-order chi connectivity index (χ0) is 13.8. The van der Waals surface area contributed by atoms with Gasteiger partial charge in [0, 0.05) is 11.1 Å². The number of pyridine rings is 1. The van der Waals surface area contributed by atoms with Gasteiger partial charge in [-0.1, -0.05) is 34.8 Å². The molecule has 0 bridgehead atoms. The molecule has 2 aromatic rings. The maximum Gasteiger partial charge on any atom is 0.140 e. The van der Waals surface area contributed by atoms with Gasteiger partial charge in [-0.25, -0.2) is 10.8 Å². The summed E-state index contributed by atoms with van der Waals surface area (Å²) < 4.78 is 5.55. The van der Waals surface area contributed by atoms with Crippen LogP contribution in [-0.2, 0) is 6.61 Å². The zero-order valence-electron chi connectivity index (χ0n) is 9.66. The van der Waals surface area contributed by atoms with E-state index in [2.05, 4.69) is 10.4 Å². The van der Waals surface area contributed by atoms with Gasteiger partial charge in [0.1, 0.15) is 18.2 Å². The van der Waals surface area contributed by atoms with Gasteiger partial charge in [0.15, 0.2) is 0 Å². The molecule has 0 amide bonds. The number of benzene rings is 1. The first-order valence-electron chi connectivity index (χ1n) is 5.30. The number of hydrogen-bond donors (Lipinski definition) is 2. The third-order valence-electron chi connectivity index (χ3n) is 2.32. The fourth-order valence-corrected chi connectivity index (χ4v) is 1.89.